The van der Waals surface area contributed by atoms with Crippen LogP contribution in [0.3, 0.4) is 0 Å². The van der Waals surface area contributed by atoms with Crippen molar-refractivity contribution in [3.8, 4) is 0 Å². The summed E-state index contributed by atoms with van der Waals surface area (Å²) in [6.07, 6.45) is 1.68. The Morgan fingerprint density at radius 3 is 2.67 bits per heavy atom. The maximum atomic E-state index is 12.0. The van der Waals surface area contributed by atoms with Crippen LogP contribution in [0.2, 0.25) is 0 Å². The number of rotatable bonds is 0. The van der Waals surface area contributed by atoms with Gasteiger partial charge in [-0.25, -0.2) is 0 Å². The maximum absolute atomic E-state index is 12.0. The number of anilines is 1. The van der Waals surface area contributed by atoms with Gasteiger partial charge in [0.05, 0.1) is 0 Å². The molecule has 2 aliphatic rings. The maximum Gasteiger partial charge on any atom is 0.162 e. The van der Waals surface area contributed by atoms with Crippen LogP contribution in [-0.4, -0.2) is 11.8 Å². The van der Waals surface area contributed by atoms with Crippen LogP contribution in [0.4, 0.5) is 5.69 Å². The largest absolute Gasteiger partial charge is 0.341 e. The molecule has 2 atom stereocenters. The van der Waals surface area contributed by atoms with E-state index in [1.165, 1.54) is 16.9 Å². The summed E-state index contributed by atoms with van der Waals surface area (Å²) >= 11 is 0. The standard InChI is InChI=1S/C16H19NO/c1-10-8-13-6-4-5-7-14(13)17-11(2)9-15(18)12(3)16(10)17/h4-7,10-11H,8-9H2,1-3H3. The fraction of sp³-hybridized carbons (Fsp3) is 0.438. The van der Waals surface area contributed by atoms with Crippen LogP contribution in [0.1, 0.15) is 32.8 Å². The third-order valence-corrected chi connectivity index (χ3v) is 4.23. The minimum absolute atomic E-state index is 0.278. The van der Waals surface area contributed by atoms with E-state index in [1.807, 2.05) is 6.92 Å². The van der Waals surface area contributed by atoms with Gasteiger partial charge in [0.25, 0.3) is 0 Å². The van der Waals surface area contributed by atoms with Gasteiger partial charge in [-0.2, -0.15) is 0 Å². The van der Waals surface area contributed by atoms with E-state index >= 15 is 0 Å². The van der Waals surface area contributed by atoms with Crippen LogP contribution in [0.15, 0.2) is 35.5 Å². The first-order valence-electron chi connectivity index (χ1n) is 6.70. The van der Waals surface area contributed by atoms with E-state index in [0.717, 1.165) is 12.0 Å². The molecule has 0 aliphatic carbocycles. The molecule has 2 unspecified atom stereocenters. The second kappa shape index (κ2) is 3.98. The molecular formula is C16H19NO. The molecule has 94 valence electrons. The van der Waals surface area contributed by atoms with Crippen molar-refractivity contribution in [1.29, 1.82) is 0 Å². The van der Waals surface area contributed by atoms with Crippen molar-refractivity contribution in [3.63, 3.8) is 0 Å². The molecule has 3 rings (SSSR count). The smallest absolute Gasteiger partial charge is 0.162 e. The Hall–Kier alpha value is -1.57. The average Bonchev–Trinajstić information content (AvgIpc) is 2.34. The fourth-order valence-electron chi connectivity index (χ4n) is 3.39. The van der Waals surface area contributed by atoms with Crippen molar-refractivity contribution < 1.29 is 4.79 Å². The highest BCUT2D eigenvalue weighted by atomic mass is 16.1. The Balaban J connectivity index is 2.22. The molecule has 0 spiro atoms. The van der Waals surface area contributed by atoms with Crippen LogP contribution in [-0.2, 0) is 11.2 Å². The van der Waals surface area contributed by atoms with Gasteiger partial charge < -0.3 is 4.90 Å². The van der Waals surface area contributed by atoms with E-state index in [9.17, 15) is 4.79 Å². The van der Waals surface area contributed by atoms with Crippen molar-refractivity contribution in [2.75, 3.05) is 4.90 Å². The highest BCUT2D eigenvalue weighted by Crippen LogP contribution is 2.41. The van der Waals surface area contributed by atoms with E-state index in [4.69, 9.17) is 0 Å². The monoisotopic (exact) mass is 241 g/mol. The highest BCUT2D eigenvalue weighted by molar-refractivity contribution is 5.98. The minimum atomic E-state index is 0.278. The Labute approximate surface area is 108 Å². The summed E-state index contributed by atoms with van der Waals surface area (Å²) < 4.78 is 0. The summed E-state index contributed by atoms with van der Waals surface area (Å²) in [5.74, 6) is 0.756. The Morgan fingerprint density at radius 2 is 1.89 bits per heavy atom. The quantitative estimate of drug-likeness (QED) is 0.694. The number of Topliss-reactive ketones (excluding diaryl/α,β-unsaturated/α-hetero) is 1. The lowest BCUT2D eigenvalue weighted by Gasteiger charge is -2.44. The highest BCUT2D eigenvalue weighted by Gasteiger charge is 2.36. The number of carbonyl (C=O) groups excluding carboxylic acids is 1. The zero-order chi connectivity index (χ0) is 12.9. The SMILES string of the molecule is CC1=C2C(C)Cc3ccccc3N2C(C)CC1=O. The number of fused-ring (bicyclic) bond motifs is 3. The van der Waals surface area contributed by atoms with Crippen LogP contribution >= 0.6 is 0 Å². The molecule has 2 heterocycles. The van der Waals surface area contributed by atoms with Crippen molar-refractivity contribution in [2.24, 2.45) is 5.92 Å². The average molecular weight is 241 g/mol. The number of hydrogen-bond donors (Lipinski definition) is 0. The summed E-state index contributed by atoms with van der Waals surface area (Å²) in [6.45, 7) is 6.37. The van der Waals surface area contributed by atoms with Gasteiger partial charge in [-0.3, -0.25) is 4.79 Å². The third-order valence-electron chi connectivity index (χ3n) is 4.23. The lowest BCUT2D eigenvalue weighted by atomic mass is 9.83. The summed E-state index contributed by atoms with van der Waals surface area (Å²) in [6, 6.07) is 8.86. The zero-order valence-corrected chi connectivity index (χ0v) is 11.2. The van der Waals surface area contributed by atoms with Gasteiger partial charge in [-0.05, 0) is 31.9 Å². The van der Waals surface area contributed by atoms with Crippen LogP contribution in [0.25, 0.3) is 0 Å². The first kappa shape index (κ1) is 11.5. The molecule has 18 heavy (non-hydrogen) atoms. The molecule has 0 N–H and O–H groups in total. The lowest BCUT2D eigenvalue weighted by molar-refractivity contribution is -0.116. The summed E-state index contributed by atoms with van der Waals surface area (Å²) in [5, 5.41) is 0. The number of nitrogens with zero attached hydrogens (tertiary/aromatic N) is 1. The van der Waals surface area contributed by atoms with Crippen molar-refractivity contribution in [1.82, 2.24) is 0 Å². The molecule has 0 aromatic heterocycles. The minimum Gasteiger partial charge on any atom is -0.341 e. The van der Waals surface area contributed by atoms with Gasteiger partial charge in [0.2, 0.25) is 0 Å². The van der Waals surface area contributed by atoms with Gasteiger partial charge in [0.1, 0.15) is 0 Å². The van der Waals surface area contributed by atoms with Crippen LogP contribution in [0, 0.1) is 5.92 Å². The first-order chi connectivity index (χ1) is 8.59. The summed E-state index contributed by atoms with van der Waals surface area (Å²) in [4.78, 5) is 14.4. The molecule has 2 heteroatoms. The molecule has 2 aliphatic heterocycles. The van der Waals surface area contributed by atoms with E-state index in [-0.39, 0.29) is 6.04 Å². The van der Waals surface area contributed by atoms with Gasteiger partial charge in [0.15, 0.2) is 5.78 Å². The molecule has 1 aromatic rings. The third kappa shape index (κ3) is 1.52. The molecule has 0 saturated heterocycles. The molecule has 0 saturated carbocycles. The molecule has 1 aromatic carbocycles. The fourth-order valence-corrected chi connectivity index (χ4v) is 3.39. The van der Waals surface area contributed by atoms with Gasteiger partial charge in [-0.1, -0.05) is 25.1 Å². The molecule has 0 radical (unpaired) electrons. The van der Waals surface area contributed by atoms with E-state index < -0.39 is 0 Å². The van der Waals surface area contributed by atoms with Crippen LogP contribution in [0.5, 0.6) is 0 Å². The van der Waals surface area contributed by atoms with E-state index in [0.29, 0.717) is 18.1 Å². The zero-order valence-electron chi connectivity index (χ0n) is 11.2. The van der Waals surface area contributed by atoms with Gasteiger partial charge in [-0.15, -0.1) is 0 Å². The number of hydrogen-bond acceptors (Lipinski definition) is 2. The van der Waals surface area contributed by atoms with Crippen molar-refractivity contribution in [3.05, 3.63) is 41.1 Å². The van der Waals surface area contributed by atoms with Gasteiger partial charge in [0, 0.05) is 35.3 Å². The predicted molar refractivity (Wildman–Crippen MR) is 73.6 cm³/mol. The number of allylic oxidation sites excluding steroid dienone is 2. The molecule has 0 bridgehead atoms. The van der Waals surface area contributed by atoms with Crippen molar-refractivity contribution >= 4 is 11.5 Å². The van der Waals surface area contributed by atoms with Crippen molar-refractivity contribution in [2.45, 2.75) is 39.7 Å². The topological polar surface area (TPSA) is 20.3 Å². The summed E-state index contributed by atoms with van der Waals surface area (Å²) in [5.41, 5.74) is 4.92. The summed E-state index contributed by atoms with van der Waals surface area (Å²) in [7, 11) is 0. The Kier molecular flexibility index (Phi) is 2.54. The molecule has 2 nitrogen and oxygen atoms in total. The number of benzene rings is 1. The molecule has 0 amide bonds. The van der Waals surface area contributed by atoms with E-state index in [2.05, 4.69) is 43.0 Å². The Bertz CT molecular complexity index is 544. The Morgan fingerprint density at radius 1 is 1.17 bits per heavy atom. The van der Waals surface area contributed by atoms with Gasteiger partial charge >= 0.3 is 0 Å². The lowest BCUT2D eigenvalue weighted by Crippen LogP contribution is -2.44. The first-order valence-corrected chi connectivity index (χ1v) is 6.70. The second-order valence-electron chi connectivity index (χ2n) is 5.59. The normalized spacial score (nSPS) is 27.1. The molecule has 0 fully saturated rings. The van der Waals surface area contributed by atoms with E-state index in [1.54, 1.807) is 0 Å². The number of ketones is 1. The molecular weight excluding hydrogens is 222 g/mol. The van der Waals surface area contributed by atoms with Crippen LogP contribution < -0.4 is 4.90 Å². The number of para-hydroxylation sites is 1. The number of carbonyl (C=O) groups is 1. The second-order valence-corrected chi connectivity index (χ2v) is 5.59. The predicted octanol–water partition coefficient (Wildman–Crippen LogP) is 3.32.